The molecule has 0 saturated carbocycles. The smallest absolute Gasteiger partial charge is 0.397 e. The maximum absolute atomic E-state index is 12.4. The van der Waals surface area contributed by atoms with Crippen molar-refractivity contribution in [3.8, 4) is 11.5 Å². The number of aromatic nitrogens is 3. The summed E-state index contributed by atoms with van der Waals surface area (Å²) >= 11 is 6.18. The molecule has 19 heteroatoms. The first-order chi connectivity index (χ1) is 22.7. The fourth-order valence-corrected chi connectivity index (χ4v) is 6.17. The van der Waals surface area contributed by atoms with Gasteiger partial charge in [0.05, 0.1) is 22.2 Å². The van der Waals surface area contributed by atoms with Gasteiger partial charge < -0.3 is 10.2 Å². The Hall–Kier alpha value is -5.14. The standard InChI is InChI=1S/C29H23ClN6O10S2/c30-29-32-26(14-17-2-7-21(8-3-17)47(41,42)12-11-46-48(43,44)45)31-27(33-29)15-18-1-4-19-5-9-23(28(38)22(19)13-18)34-35-24-16-20(36(39)40)6-10-25(24)37/h1-10,13,16,37-38H,11-12,14-15H2,(H,43,44,45). The van der Waals surface area contributed by atoms with Crippen molar-refractivity contribution >= 4 is 59.7 Å². The van der Waals surface area contributed by atoms with Gasteiger partial charge >= 0.3 is 10.4 Å². The summed E-state index contributed by atoms with van der Waals surface area (Å²) in [5.41, 5.74) is 0.964. The summed E-state index contributed by atoms with van der Waals surface area (Å²) < 4.78 is 58.9. The fraction of sp³-hybridized carbons (Fsp3) is 0.138. The van der Waals surface area contributed by atoms with E-state index in [1.165, 1.54) is 30.3 Å². The molecule has 5 rings (SSSR count). The summed E-state index contributed by atoms with van der Waals surface area (Å²) in [5, 5.41) is 40.9. The minimum absolute atomic E-state index is 0.0568. The van der Waals surface area contributed by atoms with Gasteiger partial charge in [-0.25, -0.2) is 27.6 Å². The van der Waals surface area contributed by atoms with E-state index in [-0.39, 0.29) is 51.6 Å². The van der Waals surface area contributed by atoms with Gasteiger partial charge in [-0.2, -0.15) is 8.42 Å². The molecule has 248 valence electrons. The molecule has 5 aromatic rings. The largest absolute Gasteiger partial charge is 0.506 e. The number of nitro benzene ring substituents is 1. The minimum atomic E-state index is -4.76. The maximum Gasteiger partial charge on any atom is 0.397 e. The molecule has 0 unspecified atom stereocenters. The lowest BCUT2D eigenvalue weighted by Gasteiger charge is -2.09. The van der Waals surface area contributed by atoms with Crippen molar-refractivity contribution in [3.63, 3.8) is 0 Å². The lowest BCUT2D eigenvalue weighted by Crippen LogP contribution is -2.15. The molecule has 0 bridgehead atoms. The summed E-state index contributed by atoms with van der Waals surface area (Å²) in [6.45, 7) is -0.744. The van der Waals surface area contributed by atoms with Crippen LogP contribution in [0.25, 0.3) is 10.8 Å². The second-order valence-corrected chi connectivity index (χ2v) is 13.7. The quantitative estimate of drug-likeness (QED) is 0.0653. The highest BCUT2D eigenvalue weighted by Gasteiger charge is 2.17. The molecule has 1 heterocycles. The maximum atomic E-state index is 12.4. The van der Waals surface area contributed by atoms with Crippen LogP contribution in [-0.4, -0.2) is 63.8 Å². The van der Waals surface area contributed by atoms with Crippen LogP contribution in [-0.2, 0) is 37.3 Å². The van der Waals surface area contributed by atoms with Crippen LogP contribution in [0, 0.1) is 10.1 Å². The third kappa shape index (κ3) is 8.60. The molecule has 0 fully saturated rings. The number of sulfone groups is 1. The summed E-state index contributed by atoms with van der Waals surface area (Å²) in [6, 6.07) is 17.5. The zero-order valence-corrected chi connectivity index (χ0v) is 26.7. The van der Waals surface area contributed by atoms with Crippen molar-refractivity contribution in [2.45, 2.75) is 17.7 Å². The first kappa shape index (κ1) is 34.2. The van der Waals surface area contributed by atoms with Crippen LogP contribution in [0.15, 0.2) is 87.9 Å². The van der Waals surface area contributed by atoms with Crippen LogP contribution < -0.4 is 0 Å². The van der Waals surface area contributed by atoms with E-state index in [1.54, 1.807) is 18.2 Å². The van der Waals surface area contributed by atoms with E-state index in [1.807, 2.05) is 6.07 Å². The van der Waals surface area contributed by atoms with Gasteiger partial charge in [0.1, 0.15) is 28.8 Å². The van der Waals surface area contributed by atoms with Crippen molar-refractivity contribution in [1.29, 1.82) is 0 Å². The Kier molecular flexibility index (Phi) is 9.92. The molecule has 48 heavy (non-hydrogen) atoms. The number of azo groups is 1. The Morgan fingerprint density at radius 2 is 1.44 bits per heavy atom. The molecular weight excluding hydrogens is 692 g/mol. The average Bonchev–Trinajstić information content (AvgIpc) is 3.01. The lowest BCUT2D eigenvalue weighted by atomic mass is 10.0. The molecule has 0 aliphatic carbocycles. The highest BCUT2D eigenvalue weighted by Crippen LogP contribution is 2.38. The molecular formula is C29H23ClN6O10S2. The predicted molar refractivity (Wildman–Crippen MR) is 171 cm³/mol. The highest BCUT2D eigenvalue weighted by molar-refractivity contribution is 7.91. The molecule has 0 radical (unpaired) electrons. The number of nitrogens with zero attached hydrogens (tertiary/aromatic N) is 6. The second-order valence-electron chi connectivity index (χ2n) is 10.1. The first-order valence-corrected chi connectivity index (χ1v) is 17.0. The number of phenols is 2. The van der Waals surface area contributed by atoms with E-state index >= 15 is 0 Å². The van der Waals surface area contributed by atoms with Crippen molar-refractivity contribution < 1.29 is 40.7 Å². The van der Waals surface area contributed by atoms with Crippen molar-refractivity contribution in [3.05, 3.63) is 111 Å². The van der Waals surface area contributed by atoms with Crippen LogP contribution in [0.3, 0.4) is 0 Å². The number of fused-ring (bicyclic) bond motifs is 1. The number of nitro groups is 1. The van der Waals surface area contributed by atoms with Crippen LogP contribution >= 0.6 is 11.6 Å². The number of non-ortho nitro benzene ring substituents is 1. The summed E-state index contributed by atoms with van der Waals surface area (Å²) in [6.07, 6.45) is 0.370. The van der Waals surface area contributed by atoms with Gasteiger partial charge in [-0.1, -0.05) is 30.3 Å². The summed E-state index contributed by atoms with van der Waals surface area (Å²) in [5.74, 6) is -0.582. The molecule has 0 amide bonds. The van der Waals surface area contributed by atoms with E-state index in [9.17, 15) is 37.2 Å². The third-order valence-electron chi connectivity index (χ3n) is 6.76. The van der Waals surface area contributed by atoms with E-state index in [4.69, 9.17) is 16.2 Å². The van der Waals surface area contributed by atoms with Gasteiger partial charge in [-0.3, -0.25) is 14.7 Å². The zero-order valence-electron chi connectivity index (χ0n) is 24.3. The normalized spacial score (nSPS) is 12.1. The summed E-state index contributed by atoms with van der Waals surface area (Å²) in [7, 11) is -8.65. The predicted octanol–water partition coefficient (Wildman–Crippen LogP) is 5.19. The molecule has 0 spiro atoms. The fourth-order valence-electron chi connectivity index (χ4n) is 4.49. The average molecular weight is 715 g/mol. The number of hydrogen-bond acceptors (Lipinski definition) is 14. The third-order valence-corrected chi connectivity index (χ3v) is 9.09. The Bertz CT molecular complexity index is 2290. The molecule has 0 aliphatic heterocycles. The lowest BCUT2D eigenvalue weighted by molar-refractivity contribution is -0.384. The number of benzene rings is 4. The zero-order chi connectivity index (χ0) is 34.6. The molecule has 0 aliphatic rings. The number of halogens is 1. The number of hydrogen-bond donors (Lipinski definition) is 3. The highest BCUT2D eigenvalue weighted by atomic mass is 35.5. The second kappa shape index (κ2) is 13.9. The molecule has 0 saturated heterocycles. The SMILES string of the molecule is O=[N+]([O-])c1ccc(O)c(N=Nc2ccc3ccc(Cc4nc(Cl)nc(Cc5ccc(S(=O)(=O)CCOS(=O)(=O)O)cc5)n4)cc3c2O)c1. The van der Waals surface area contributed by atoms with Gasteiger partial charge in [0, 0.05) is 30.4 Å². The minimum Gasteiger partial charge on any atom is -0.506 e. The van der Waals surface area contributed by atoms with E-state index in [0.717, 1.165) is 18.2 Å². The number of aromatic hydroxyl groups is 2. The molecule has 4 aromatic carbocycles. The van der Waals surface area contributed by atoms with Crippen molar-refractivity contribution in [2.75, 3.05) is 12.4 Å². The Morgan fingerprint density at radius 1 is 0.812 bits per heavy atom. The topological polar surface area (TPSA) is 245 Å². The van der Waals surface area contributed by atoms with Gasteiger partial charge in [0.2, 0.25) is 5.28 Å². The molecule has 1 aromatic heterocycles. The van der Waals surface area contributed by atoms with E-state index in [0.29, 0.717) is 33.5 Å². The van der Waals surface area contributed by atoms with Crippen molar-refractivity contribution in [1.82, 2.24) is 15.0 Å². The first-order valence-electron chi connectivity index (χ1n) is 13.6. The van der Waals surface area contributed by atoms with Crippen molar-refractivity contribution in [2.24, 2.45) is 10.2 Å². The van der Waals surface area contributed by atoms with Crippen LogP contribution in [0.1, 0.15) is 22.8 Å². The molecule has 3 N–H and O–H groups in total. The Balaban J connectivity index is 1.32. The van der Waals surface area contributed by atoms with Crippen LogP contribution in [0.2, 0.25) is 5.28 Å². The Morgan fingerprint density at radius 3 is 2.10 bits per heavy atom. The molecule has 0 atom stereocenters. The van der Waals surface area contributed by atoms with Gasteiger partial charge in [0.15, 0.2) is 15.6 Å². The van der Waals surface area contributed by atoms with Gasteiger partial charge in [0.25, 0.3) is 5.69 Å². The van der Waals surface area contributed by atoms with E-state index in [2.05, 4.69) is 29.4 Å². The van der Waals surface area contributed by atoms with Crippen LogP contribution in [0.5, 0.6) is 11.5 Å². The summed E-state index contributed by atoms with van der Waals surface area (Å²) in [4.78, 5) is 23.2. The van der Waals surface area contributed by atoms with Gasteiger partial charge in [-0.15, -0.1) is 10.2 Å². The number of phenolic OH excluding ortho intramolecular Hbond substituents is 2. The van der Waals surface area contributed by atoms with Crippen LogP contribution in [0.4, 0.5) is 17.1 Å². The van der Waals surface area contributed by atoms with E-state index < -0.39 is 37.5 Å². The number of rotatable bonds is 12. The van der Waals surface area contributed by atoms with Gasteiger partial charge in [-0.05, 0) is 58.4 Å². The molecule has 16 nitrogen and oxygen atoms in total. The monoisotopic (exact) mass is 714 g/mol. The Labute approximate surface area is 277 Å².